The molecule has 0 amide bonds. The van der Waals surface area contributed by atoms with Crippen LogP contribution in [-0.2, 0) is 16.1 Å². The molecule has 21 heavy (non-hydrogen) atoms. The van der Waals surface area contributed by atoms with E-state index in [2.05, 4.69) is 0 Å². The van der Waals surface area contributed by atoms with Crippen LogP contribution in [-0.4, -0.2) is 10.5 Å². The molecule has 0 aliphatic rings. The molecule has 0 fully saturated rings. The van der Waals surface area contributed by atoms with Gasteiger partial charge in [-0.1, -0.05) is 30.3 Å². The van der Waals surface area contributed by atoms with Crippen molar-refractivity contribution < 1.29 is 9.53 Å². The number of pyridine rings is 1. The molecule has 0 saturated heterocycles. The van der Waals surface area contributed by atoms with Crippen molar-refractivity contribution in [1.29, 1.82) is 0 Å². The van der Waals surface area contributed by atoms with Crippen LogP contribution in [0.4, 0.5) is 0 Å². The number of hydrogen-bond donors (Lipinski definition) is 0. The van der Waals surface area contributed by atoms with Crippen LogP contribution in [0, 0.1) is 6.92 Å². The minimum atomic E-state index is -0.399. The van der Waals surface area contributed by atoms with E-state index in [1.165, 1.54) is 11.5 Å². The van der Waals surface area contributed by atoms with Crippen molar-refractivity contribution in [2.45, 2.75) is 20.5 Å². The lowest BCUT2D eigenvalue weighted by atomic mass is 10.1. The van der Waals surface area contributed by atoms with Crippen LogP contribution < -0.4 is 5.56 Å². The van der Waals surface area contributed by atoms with Gasteiger partial charge in [0.2, 0.25) is 0 Å². The van der Waals surface area contributed by atoms with E-state index in [1.807, 2.05) is 49.4 Å². The number of aromatic nitrogens is 1. The highest BCUT2D eigenvalue weighted by atomic mass is 16.5. The number of nitrogens with zero attached hydrogens (tertiary/aromatic N) is 1. The van der Waals surface area contributed by atoms with Gasteiger partial charge in [-0.2, -0.15) is 0 Å². The minimum absolute atomic E-state index is 0.0000168. The second-order valence-electron chi connectivity index (χ2n) is 4.70. The first kappa shape index (κ1) is 14.8. The highest BCUT2D eigenvalue weighted by Crippen LogP contribution is 2.06. The van der Waals surface area contributed by atoms with Crippen LogP contribution in [0.25, 0.3) is 12.3 Å². The number of esters is 1. The van der Waals surface area contributed by atoms with Crippen LogP contribution in [0.2, 0.25) is 0 Å². The Kier molecular flexibility index (Phi) is 4.72. The van der Waals surface area contributed by atoms with Crippen molar-refractivity contribution in [1.82, 2.24) is 4.57 Å². The molecule has 4 nitrogen and oxygen atoms in total. The van der Waals surface area contributed by atoms with Gasteiger partial charge in [-0.3, -0.25) is 14.2 Å². The van der Waals surface area contributed by atoms with Gasteiger partial charge in [-0.15, -0.1) is 0 Å². The number of rotatable bonds is 4. The fourth-order valence-electron chi connectivity index (χ4n) is 1.88. The Balaban J connectivity index is 2.29. The summed E-state index contributed by atoms with van der Waals surface area (Å²) in [4.78, 5) is 23.2. The standard InChI is InChI=1S/C17H17NO3/c1-13-8-10-18(11-9-15-6-4-3-5-7-15)17(20)16(13)12-21-14(2)19/h3-11H,12H2,1-2H3. The minimum Gasteiger partial charge on any atom is -0.461 e. The van der Waals surface area contributed by atoms with E-state index in [0.29, 0.717) is 5.56 Å². The van der Waals surface area contributed by atoms with Gasteiger partial charge in [0.05, 0.1) is 5.56 Å². The van der Waals surface area contributed by atoms with Crippen molar-refractivity contribution in [3.63, 3.8) is 0 Å². The van der Waals surface area contributed by atoms with Gasteiger partial charge in [0.15, 0.2) is 0 Å². The molecular weight excluding hydrogens is 266 g/mol. The van der Waals surface area contributed by atoms with Gasteiger partial charge in [0.25, 0.3) is 5.56 Å². The molecule has 0 unspecified atom stereocenters. The number of aryl methyl sites for hydroxylation is 1. The Hall–Kier alpha value is -2.62. The second-order valence-corrected chi connectivity index (χ2v) is 4.70. The fourth-order valence-corrected chi connectivity index (χ4v) is 1.88. The largest absolute Gasteiger partial charge is 0.461 e. The molecular formula is C17H17NO3. The Bertz CT molecular complexity index is 715. The number of benzene rings is 1. The summed E-state index contributed by atoms with van der Waals surface area (Å²) in [7, 11) is 0. The molecule has 4 heteroatoms. The number of hydrogen-bond acceptors (Lipinski definition) is 3. The van der Waals surface area contributed by atoms with Crippen molar-refractivity contribution in [3.05, 3.63) is 69.6 Å². The van der Waals surface area contributed by atoms with Crippen LogP contribution in [0.15, 0.2) is 47.4 Å². The predicted octanol–water partition coefficient (Wildman–Crippen LogP) is 2.85. The average molecular weight is 283 g/mol. The zero-order valence-electron chi connectivity index (χ0n) is 12.1. The molecule has 0 aliphatic heterocycles. The molecule has 108 valence electrons. The summed E-state index contributed by atoms with van der Waals surface area (Å²) >= 11 is 0. The first-order chi connectivity index (χ1) is 10.1. The first-order valence-electron chi connectivity index (χ1n) is 6.65. The molecule has 1 aromatic heterocycles. The predicted molar refractivity (Wildman–Crippen MR) is 82.6 cm³/mol. The average Bonchev–Trinajstić information content (AvgIpc) is 2.47. The summed E-state index contributed by atoms with van der Waals surface area (Å²) in [6, 6.07) is 11.5. The normalized spacial score (nSPS) is 10.8. The zero-order chi connectivity index (χ0) is 15.2. The summed E-state index contributed by atoms with van der Waals surface area (Å²) in [5.74, 6) is -0.399. The quantitative estimate of drug-likeness (QED) is 0.811. The van der Waals surface area contributed by atoms with Crippen LogP contribution in [0.5, 0.6) is 0 Å². The Morgan fingerprint density at radius 1 is 1.24 bits per heavy atom. The molecule has 0 N–H and O–H groups in total. The second kappa shape index (κ2) is 6.70. The third-order valence-electron chi connectivity index (χ3n) is 3.10. The van der Waals surface area contributed by atoms with Gasteiger partial charge in [0.1, 0.15) is 6.61 Å². The van der Waals surface area contributed by atoms with Gasteiger partial charge >= 0.3 is 5.97 Å². The maximum atomic E-state index is 12.3. The lowest BCUT2D eigenvalue weighted by molar-refractivity contribution is -0.142. The summed E-state index contributed by atoms with van der Waals surface area (Å²) in [5, 5.41) is 0. The highest BCUT2D eigenvalue weighted by Gasteiger charge is 2.07. The van der Waals surface area contributed by atoms with E-state index in [1.54, 1.807) is 12.4 Å². The van der Waals surface area contributed by atoms with Crippen LogP contribution >= 0.6 is 0 Å². The molecule has 0 bridgehead atoms. The van der Waals surface area contributed by atoms with Crippen LogP contribution in [0.3, 0.4) is 0 Å². The zero-order valence-corrected chi connectivity index (χ0v) is 12.1. The monoisotopic (exact) mass is 283 g/mol. The summed E-state index contributed by atoms with van der Waals surface area (Å²) in [5.41, 5.74) is 2.13. The lowest BCUT2D eigenvalue weighted by Crippen LogP contribution is -2.22. The molecule has 1 heterocycles. The number of ether oxygens (including phenoxy) is 1. The van der Waals surface area contributed by atoms with Gasteiger partial charge < -0.3 is 4.74 Å². The van der Waals surface area contributed by atoms with E-state index in [-0.39, 0.29) is 12.2 Å². The Labute approximate surface area is 123 Å². The maximum absolute atomic E-state index is 12.3. The number of carbonyl (C=O) groups excluding carboxylic acids is 1. The smallest absolute Gasteiger partial charge is 0.302 e. The van der Waals surface area contributed by atoms with E-state index in [9.17, 15) is 9.59 Å². The van der Waals surface area contributed by atoms with E-state index in [0.717, 1.165) is 11.1 Å². The molecule has 1 aromatic carbocycles. The lowest BCUT2D eigenvalue weighted by Gasteiger charge is -2.07. The third-order valence-corrected chi connectivity index (χ3v) is 3.10. The van der Waals surface area contributed by atoms with Gasteiger partial charge in [-0.25, -0.2) is 0 Å². The number of carbonyl (C=O) groups is 1. The highest BCUT2D eigenvalue weighted by molar-refractivity contribution is 5.66. The van der Waals surface area contributed by atoms with Crippen molar-refractivity contribution in [2.75, 3.05) is 0 Å². The first-order valence-corrected chi connectivity index (χ1v) is 6.65. The molecule has 0 radical (unpaired) electrons. The molecule has 2 rings (SSSR count). The summed E-state index contributed by atoms with van der Waals surface area (Å²) in [6.45, 7) is 3.15. The van der Waals surface area contributed by atoms with E-state index < -0.39 is 5.97 Å². The van der Waals surface area contributed by atoms with Crippen molar-refractivity contribution in [3.8, 4) is 0 Å². The molecule has 0 aliphatic carbocycles. The molecule has 2 aromatic rings. The van der Waals surface area contributed by atoms with Gasteiger partial charge in [0, 0.05) is 19.3 Å². The fraction of sp³-hybridized carbons (Fsp3) is 0.176. The Morgan fingerprint density at radius 2 is 1.95 bits per heavy atom. The topological polar surface area (TPSA) is 48.3 Å². The molecule has 0 atom stereocenters. The van der Waals surface area contributed by atoms with Crippen molar-refractivity contribution in [2.24, 2.45) is 0 Å². The third kappa shape index (κ3) is 3.92. The molecule has 0 spiro atoms. The Morgan fingerprint density at radius 3 is 2.62 bits per heavy atom. The van der Waals surface area contributed by atoms with Crippen LogP contribution in [0.1, 0.15) is 23.6 Å². The van der Waals surface area contributed by atoms with E-state index in [4.69, 9.17) is 4.74 Å². The maximum Gasteiger partial charge on any atom is 0.302 e. The van der Waals surface area contributed by atoms with Crippen molar-refractivity contribution >= 4 is 18.2 Å². The summed E-state index contributed by atoms with van der Waals surface area (Å²) < 4.78 is 6.42. The van der Waals surface area contributed by atoms with Gasteiger partial charge in [-0.05, 0) is 30.2 Å². The molecule has 0 saturated carbocycles. The summed E-state index contributed by atoms with van der Waals surface area (Å²) in [6.07, 6.45) is 5.26. The SMILES string of the molecule is CC(=O)OCc1c(C)ccn(C=Cc2ccccc2)c1=O. The van der Waals surface area contributed by atoms with E-state index >= 15 is 0 Å².